The van der Waals surface area contributed by atoms with Crippen LogP contribution in [0.1, 0.15) is 30.1 Å². The number of carbonyl (C=O) groups is 2. The van der Waals surface area contributed by atoms with Gasteiger partial charge in [-0.1, -0.05) is 12.1 Å². The monoisotopic (exact) mass is 449 g/mol. The number of hydrogen-bond acceptors (Lipinski definition) is 5. The van der Waals surface area contributed by atoms with Gasteiger partial charge in [0.1, 0.15) is 5.82 Å². The van der Waals surface area contributed by atoms with Crippen molar-refractivity contribution < 1.29 is 27.1 Å². The number of carbonyl (C=O) groups excluding carboxylic acids is 2. The summed E-state index contributed by atoms with van der Waals surface area (Å²) in [4.78, 5) is 25.8. The van der Waals surface area contributed by atoms with Crippen molar-refractivity contribution in [2.45, 2.75) is 30.7 Å². The van der Waals surface area contributed by atoms with E-state index in [2.05, 4.69) is 10.0 Å². The molecule has 166 valence electrons. The predicted molar refractivity (Wildman–Crippen MR) is 113 cm³/mol. The Hall–Kier alpha value is -3.14. The number of sulfonamides is 1. The molecule has 0 radical (unpaired) electrons. The maximum absolute atomic E-state index is 13.7. The Balaban J connectivity index is 1.58. The van der Waals surface area contributed by atoms with Gasteiger partial charge in [0.2, 0.25) is 0 Å². The summed E-state index contributed by atoms with van der Waals surface area (Å²) in [5.74, 6) is -1.02. The summed E-state index contributed by atoms with van der Waals surface area (Å²) in [5.41, 5.74) is 0.149. The number of halogens is 1. The minimum atomic E-state index is -4.00. The highest BCUT2D eigenvalue weighted by molar-refractivity contribution is 7.92. The van der Waals surface area contributed by atoms with Gasteiger partial charge in [-0.25, -0.2) is 17.6 Å². The first-order valence-corrected chi connectivity index (χ1v) is 11.4. The van der Waals surface area contributed by atoms with E-state index in [1.165, 1.54) is 42.5 Å². The Morgan fingerprint density at radius 2 is 1.74 bits per heavy atom. The summed E-state index contributed by atoms with van der Waals surface area (Å²) < 4.78 is 45.8. The number of piperidine rings is 1. The molecule has 0 unspecified atom stereocenters. The topological polar surface area (TPSA) is 105 Å². The van der Waals surface area contributed by atoms with E-state index in [4.69, 9.17) is 4.74 Å². The SMILES string of the molecule is CCOC(=O)N1CCC(NC(=O)c2ccc(S(=O)(=O)Nc3ccccc3F)cc2)CC1. The molecule has 3 rings (SSSR count). The molecular formula is C21H24FN3O5S. The Morgan fingerprint density at radius 1 is 1.10 bits per heavy atom. The molecule has 0 bridgehead atoms. The van der Waals surface area contributed by atoms with Gasteiger partial charge < -0.3 is 15.0 Å². The molecular weight excluding hydrogens is 425 g/mol. The standard InChI is InChI=1S/C21H24FN3O5S/c1-2-30-21(27)25-13-11-16(12-14-25)23-20(26)15-7-9-17(10-8-15)31(28,29)24-19-6-4-3-5-18(19)22/h3-10,16,24H,2,11-14H2,1H3,(H,23,26). The summed E-state index contributed by atoms with van der Waals surface area (Å²) in [6.07, 6.45) is 0.848. The number of nitrogens with zero attached hydrogens (tertiary/aromatic N) is 1. The molecule has 2 N–H and O–H groups in total. The van der Waals surface area contributed by atoms with Crippen molar-refractivity contribution in [3.05, 3.63) is 59.9 Å². The van der Waals surface area contributed by atoms with Crippen LogP contribution in [0.5, 0.6) is 0 Å². The summed E-state index contributed by atoms with van der Waals surface area (Å²) in [7, 11) is -4.00. The highest BCUT2D eigenvalue weighted by atomic mass is 32.2. The Bertz CT molecular complexity index is 1040. The van der Waals surface area contributed by atoms with E-state index in [-0.39, 0.29) is 28.6 Å². The van der Waals surface area contributed by atoms with Gasteiger partial charge in [-0.2, -0.15) is 0 Å². The Labute approximate surface area is 180 Å². The maximum atomic E-state index is 13.7. The lowest BCUT2D eigenvalue weighted by atomic mass is 10.0. The fraction of sp³-hybridized carbons (Fsp3) is 0.333. The van der Waals surface area contributed by atoms with Gasteiger partial charge in [0.15, 0.2) is 0 Å². The molecule has 0 saturated carbocycles. The van der Waals surface area contributed by atoms with Gasteiger partial charge >= 0.3 is 6.09 Å². The quantitative estimate of drug-likeness (QED) is 0.706. The number of nitrogens with one attached hydrogen (secondary N) is 2. The number of ether oxygens (including phenoxy) is 1. The first kappa shape index (κ1) is 22.5. The van der Waals surface area contributed by atoms with Gasteiger partial charge in [-0.05, 0) is 56.2 Å². The third kappa shape index (κ3) is 5.72. The number of benzene rings is 2. The smallest absolute Gasteiger partial charge is 0.409 e. The minimum absolute atomic E-state index is 0.0879. The van der Waals surface area contributed by atoms with E-state index in [0.717, 1.165) is 6.07 Å². The second-order valence-corrected chi connectivity index (χ2v) is 8.73. The molecule has 1 aliphatic heterocycles. The summed E-state index contributed by atoms with van der Waals surface area (Å²) in [5, 5.41) is 2.90. The van der Waals surface area contributed by atoms with Gasteiger partial charge in [0.05, 0.1) is 17.2 Å². The fourth-order valence-corrected chi connectivity index (χ4v) is 4.29. The zero-order valence-electron chi connectivity index (χ0n) is 17.0. The molecule has 1 saturated heterocycles. The highest BCUT2D eigenvalue weighted by Crippen LogP contribution is 2.19. The lowest BCUT2D eigenvalue weighted by Crippen LogP contribution is -2.46. The zero-order valence-corrected chi connectivity index (χ0v) is 17.8. The van der Waals surface area contributed by atoms with Crippen molar-refractivity contribution >= 4 is 27.7 Å². The van der Waals surface area contributed by atoms with Gasteiger partial charge in [-0.15, -0.1) is 0 Å². The van der Waals surface area contributed by atoms with E-state index in [0.29, 0.717) is 38.1 Å². The minimum Gasteiger partial charge on any atom is -0.450 e. The largest absolute Gasteiger partial charge is 0.450 e. The van der Waals surface area contributed by atoms with E-state index < -0.39 is 15.8 Å². The van der Waals surface area contributed by atoms with Crippen LogP contribution < -0.4 is 10.0 Å². The van der Waals surface area contributed by atoms with Crippen molar-refractivity contribution in [2.24, 2.45) is 0 Å². The highest BCUT2D eigenvalue weighted by Gasteiger charge is 2.25. The summed E-state index contributed by atoms with van der Waals surface area (Å²) in [6.45, 7) is 3.04. The fourth-order valence-electron chi connectivity index (χ4n) is 3.22. The first-order valence-electron chi connectivity index (χ1n) is 9.90. The van der Waals surface area contributed by atoms with Gasteiger partial charge in [-0.3, -0.25) is 9.52 Å². The number of rotatable bonds is 6. The summed E-state index contributed by atoms with van der Waals surface area (Å²) in [6, 6.07) is 10.8. The lowest BCUT2D eigenvalue weighted by Gasteiger charge is -2.31. The normalized spacial score (nSPS) is 14.7. The number of hydrogen-bond donors (Lipinski definition) is 2. The molecule has 0 aromatic heterocycles. The van der Waals surface area contributed by atoms with E-state index in [1.54, 1.807) is 11.8 Å². The van der Waals surface area contributed by atoms with Crippen molar-refractivity contribution in [3.8, 4) is 0 Å². The van der Waals surface area contributed by atoms with Crippen LogP contribution >= 0.6 is 0 Å². The van der Waals surface area contributed by atoms with Crippen LogP contribution in [0.15, 0.2) is 53.4 Å². The van der Waals surface area contributed by atoms with Crippen molar-refractivity contribution in [1.82, 2.24) is 10.2 Å². The Kier molecular flexibility index (Phi) is 7.11. The molecule has 0 atom stereocenters. The maximum Gasteiger partial charge on any atom is 0.409 e. The molecule has 31 heavy (non-hydrogen) atoms. The van der Waals surface area contributed by atoms with Crippen molar-refractivity contribution in [1.29, 1.82) is 0 Å². The van der Waals surface area contributed by atoms with Gasteiger partial charge in [0.25, 0.3) is 15.9 Å². The predicted octanol–water partition coefficient (Wildman–Crippen LogP) is 2.98. The van der Waals surface area contributed by atoms with Crippen LogP contribution in [0, 0.1) is 5.82 Å². The molecule has 10 heteroatoms. The third-order valence-corrected chi connectivity index (χ3v) is 6.28. The van der Waals surface area contributed by atoms with Gasteiger partial charge in [0, 0.05) is 24.7 Å². The lowest BCUT2D eigenvalue weighted by molar-refractivity contribution is 0.0860. The second kappa shape index (κ2) is 9.78. The number of para-hydroxylation sites is 1. The molecule has 0 aliphatic carbocycles. The average molecular weight is 450 g/mol. The van der Waals surface area contributed by atoms with Crippen LogP contribution in [0.4, 0.5) is 14.9 Å². The van der Waals surface area contributed by atoms with Crippen LogP contribution in [0.3, 0.4) is 0 Å². The molecule has 1 fully saturated rings. The molecule has 2 aromatic carbocycles. The van der Waals surface area contributed by atoms with E-state index >= 15 is 0 Å². The molecule has 8 nitrogen and oxygen atoms in total. The zero-order chi connectivity index (χ0) is 22.4. The van der Waals surface area contributed by atoms with Crippen LogP contribution in [0.25, 0.3) is 0 Å². The number of anilines is 1. The molecule has 1 aliphatic rings. The molecule has 2 aromatic rings. The number of amides is 2. The van der Waals surface area contributed by atoms with E-state index in [1.807, 2.05) is 0 Å². The van der Waals surface area contributed by atoms with Crippen LogP contribution in [-0.4, -0.2) is 51.1 Å². The molecule has 0 spiro atoms. The van der Waals surface area contributed by atoms with Crippen LogP contribution in [-0.2, 0) is 14.8 Å². The average Bonchev–Trinajstić information content (AvgIpc) is 2.76. The Morgan fingerprint density at radius 3 is 2.35 bits per heavy atom. The molecule has 2 amide bonds. The third-order valence-electron chi connectivity index (χ3n) is 4.90. The molecule has 1 heterocycles. The van der Waals surface area contributed by atoms with Crippen molar-refractivity contribution in [2.75, 3.05) is 24.4 Å². The van der Waals surface area contributed by atoms with E-state index in [9.17, 15) is 22.4 Å². The summed E-state index contributed by atoms with van der Waals surface area (Å²) >= 11 is 0. The number of likely N-dealkylation sites (tertiary alicyclic amines) is 1. The van der Waals surface area contributed by atoms with Crippen molar-refractivity contribution in [3.63, 3.8) is 0 Å². The van der Waals surface area contributed by atoms with Crippen LogP contribution in [0.2, 0.25) is 0 Å². The first-order chi connectivity index (χ1) is 14.8. The second-order valence-electron chi connectivity index (χ2n) is 7.04.